The van der Waals surface area contributed by atoms with Crippen LogP contribution in [0.3, 0.4) is 0 Å². The summed E-state index contributed by atoms with van der Waals surface area (Å²) in [5.74, 6) is -2.25. The number of halogens is 2. The molecule has 8 heteroatoms. The molecule has 6 nitrogen and oxygen atoms in total. The molecule has 2 heterocycles. The number of Topliss-reactive ketones (excluding diaryl/α,β-unsaturated/α-hetero) is 1. The molecule has 1 atom stereocenters. The number of imidazole rings is 1. The molecule has 1 fully saturated rings. The lowest BCUT2D eigenvalue weighted by atomic mass is 9.95. The summed E-state index contributed by atoms with van der Waals surface area (Å²) in [5, 5.41) is 11.0. The Kier molecular flexibility index (Phi) is 5.99. The number of hydrogen-bond acceptors (Lipinski definition) is 4. The standard InChI is InChI=1S/C23H19BrFN3O3/c24-17-7-5-15(6-8-17)21(29)19-20(16-3-1-4-18(25)13-16)28(23(31)22(19)30)11-2-10-27-12-9-26-14-27/h1,3-9,12-14,20,29H,2,10-11H2/b21-19+. The first-order valence-corrected chi connectivity index (χ1v) is 10.5. The van der Waals surface area contributed by atoms with E-state index in [0.717, 1.165) is 4.47 Å². The summed E-state index contributed by atoms with van der Waals surface area (Å²) in [7, 11) is 0. The molecule has 3 aromatic rings. The summed E-state index contributed by atoms with van der Waals surface area (Å²) in [6, 6.07) is 11.6. The molecule has 1 N–H and O–H groups in total. The van der Waals surface area contributed by atoms with Gasteiger partial charge in [-0.05, 0) is 36.2 Å². The molecule has 2 aromatic carbocycles. The van der Waals surface area contributed by atoms with Crippen LogP contribution in [0.4, 0.5) is 4.39 Å². The van der Waals surface area contributed by atoms with Crippen molar-refractivity contribution in [2.24, 2.45) is 0 Å². The SMILES string of the molecule is O=C1C(=O)N(CCCn2ccnc2)C(c2cccc(F)c2)/C1=C(\O)c1ccc(Br)cc1. The van der Waals surface area contributed by atoms with Crippen molar-refractivity contribution >= 4 is 33.4 Å². The van der Waals surface area contributed by atoms with E-state index in [-0.39, 0.29) is 17.9 Å². The van der Waals surface area contributed by atoms with Crippen molar-refractivity contribution in [3.8, 4) is 0 Å². The Balaban J connectivity index is 1.73. The Labute approximate surface area is 186 Å². The van der Waals surface area contributed by atoms with E-state index in [1.165, 1.54) is 23.1 Å². The van der Waals surface area contributed by atoms with E-state index in [1.54, 1.807) is 42.9 Å². The first-order chi connectivity index (χ1) is 15.0. The van der Waals surface area contributed by atoms with Crippen LogP contribution in [0.25, 0.3) is 5.76 Å². The number of likely N-dealkylation sites (tertiary alicyclic amines) is 1. The van der Waals surface area contributed by atoms with Crippen LogP contribution < -0.4 is 0 Å². The normalized spacial score (nSPS) is 18.0. The van der Waals surface area contributed by atoms with Crippen LogP contribution in [0.2, 0.25) is 0 Å². The molecule has 1 aromatic heterocycles. The van der Waals surface area contributed by atoms with Gasteiger partial charge < -0.3 is 14.6 Å². The first-order valence-electron chi connectivity index (χ1n) is 9.71. The minimum absolute atomic E-state index is 0.0412. The molecule has 158 valence electrons. The lowest BCUT2D eigenvalue weighted by Crippen LogP contribution is -2.31. The van der Waals surface area contributed by atoms with Gasteiger partial charge in [0, 0.05) is 35.5 Å². The quantitative estimate of drug-likeness (QED) is 0.322. The third kappa shape index (κ3) is 4.29. The van der Waals surface area contributed by atoms with Crippen molar-refractivity contribution in [3.05, 3.63) is 94.2 Å². The van der Waals surface area contributed by atoms with Crippen molar-refractivity contribution in [1.82, 2.24) is 14.5 Å². The number of amides is 1. The van der Waals surface area contributed by atoms with Gasteiger partial charge in [0.25, 0.3) is 11.7 Å². The number of aliphatic hydroxyl groups is 1. The van der Waals surface area contributed by atoms with Crippen molar-refractivity contribution in [1.29, 1.82) is 0 Å². The molecular formula is C23H19BrFN3O3. The monoisotopic (exact) mass is 483 g/mol. The number of nitrogens with zero attached hydrogens (tertiary/aromatic N) is 3. The van der Waals surface area contributed by atoms with Gasteiger partial charge in [0.2, 0.25) is 0 Å². The van der Waals surface area contributed by atoms with Crippen molar-refractivity contribution < 1.29 is 19.1 Å². The molecule has 4 rings (SSSR count). The fraction of sp³-hybridized carbons (Fsp3) is 0.174. The van der Waals surface area contributed by atoms with Crippen molar-refractivity contribution in [2.75, 3.05) is 6.54 Å². The smallest absolute Gasteiger partial charge is 0.295 e. The van der Waals surface area contributed by atoms with E-state index < -0.39 is 23.5 Å². The average molecular weight is 484 g/mol. The Morgan fingerprint density at radius 2 is 1.90 bits per heavy atom. The van der Waals surface area contributed by atoms with Gasteiger partial charge in [0.1, 0.15) is 11.6 Å². The minimum atomic E-state index is -0.873. The van der Waals surface area contributed by atoms with E-state index in [1.807, 2.05) is 10.8 Å². The number of carbonyl (C=O) groups excluding carboxylic acids is 2. The minimum Gasteiger partial charge on any atom is -0.507 e. The van der Waals surface area contributed by atoms with Crippen LogP contribution >= 0.6 is 15.9 Å². The molecule has 1 unspecified atom stereocenters. The van der Waals surface area contributed by atoms with Gasteiger partial charge in [-0.25, -0.2) is 9.37 Å². The lowest BCUT2D eigenvalue weighted by molar-refractivity contribution is -0.139. The second-order valence-electron chi connectivity index (χ2n) is 7.21. The molecule has 0 aliphatic carbocycles. The predicted octanol–water partition coefficient (Wildman–Crippen LogP) is 4.30. The molecule has 0 saturated carbocycles. The number of aromatic nitrogens is 2. The Morgan fingerprint density at radius 1 is 1.13 bits per heavy atom. The summed E-state index contributed by atoms with van der Waals surface area (Å²) >= 11 is 3.34. The summed E-state index contributed by atoms with van der Waals surface area (Å²) < 4.78 is 16.7. The van der Waals surface area contributed by atoms with Crippen LogP contribution in [0.1, 0.15) is 23.6 Å². The zero-order valence-corrected chi connectivity index (χ0v) is 18.0. The van der Waals surface area contributed by atoms with Gasteiger partial charge in [0.05, 0.1) is 17.9 Å². The van der Waals surface area contributed by atoms with Gasteiger partial charge >= 0.3 is 0 Å². The highest BCUT2D eigenvalue weighted by Crippen LogP contribution is 2.39. The van der Waals surface area contributed by atoms with E-state index in [9.17, 15) is 19.1 Å². The first kappa shape index (κ1) is 21.0. The van der Waals surface area contributed by atoms with Gasteiger partial charge in [-0.3, -0.25) is 9.59 Å². The van der Waals surface area contributed by atoms with Gasteiger partial charge in [0.15, 0.2) is 0 Å². The summed E-state index contributed by atoms with van der Waals surface area (Å²) in [6.45, 7) is 0.868. The zero-order chi connectivity index (χ0) is 22.0. The highest BCUT2D eigenvalue weighted by atomic mass is 79.9. The second kappa shape index (κ2) is 8.85. The summed E-state index contributed by atoms with van der Waals surface area (Å²) in [6.07, 6.45) is 5.71. The van der Waals surface area contributed by atoms with Crippen LogP contribution in [0.15, 0.2) is 77.3 Å². The maximum absolute atomic E-state index is 14.0. The van der Waals surface area contributed by atoms with Crippen molar-refractivity contribution in [3.63, 3.8) is 0 Å². The van der Waals surface area contributed by atoms with Crippen LogP contribution in [0.5, 0.6) is 0 Å². The van der Waals surface area contributed by atoms with E-state index in [2.05, 4.69) is 20.9 Å². The number of ketones is 1. The molecule has 0 bridgehead atoms. The third-order valence-corrected chi connectivity index (χ3v) is 5.73. The van der Waals surface area contributed by atoms with Crippen LogP contribution in [-0.4, -0.2) is 37.8 Å². The fourth-order valence-corrected chi connectivity index (χ4v) is 4.00. The Morgan fingerprint density at radius 3 is 2.58 bits per heavy atom. The zero-order valence-electron chi connectivity index (χ0n) is 16.4. The number of hydrogen-bond donors (Lipinski definition) is 1. The Hall–Kier alpha value is -3.26. The summed E-state index contributed by atoms with van der Waals surface area (Å²) in [4.78, 5) is 31.2. The van der Waals surface area contributed by atoms with E-state index >= 15 is 0 Å². The molecule has 1 saturated heterocycles. The maximum atomic E-state index is 14.0. The number of carbonyl (C=O) groups is 2. The molecule has 1 amide bonds. The van der Waals surface area contributed by atoms with Gasteiger partial charge in [-0.1, -0.05) is 40.2 Å². The largest absolute Gasteiger partial charge is 0.507 e. The highest BCUT2D eigenvalue weighted by Gasteiger charge is 2.45. The lowest BCUT2D eigenvalue weighted by Gasteiger charge is -2.25. The van der Waals surface area contributed by atoms with E-state index in [0.29, 0.717) is 24.1 Å². The second-order valence-corrected chi connectivity index (χ2v) is 8.12. The maximum Gasteiger partial charge on any atom is 0.295 e. The van der Waals surface area contributed by atoms with Crippen LogP contribution in [-0.2, 0) is 16.1 Å². The van der Waals surface area contributed by atoms with Gasteiger partial charge in [-0.15, -0.1) is 0 Å². The predicted molar refractivity (Wildman–Crippen MR) is 116 cm³/mol. The number of benzene rings is 2. The average Bonchev–Trinajstić information content (AvgIpc) is 3.36. The molecule has 1 aliphatic heterocycles. The number of aliphatic hydroxyl groups excluding tert-OH is 1. The molecular weight excluding hydrogens is 465 g/mol. The third-order valence-electron chi connectivity index (χ3n) is 5.20. The summed E-state index contributed by atoms with van der Waals surface area (Å²) in [5.41, 5.74) is 0.794. The molecule has 0 spiro atoms. The fourth-order valence-electron chi connectivity index (χ4n) is 3.74. The van der Waals surface area contributed by atoms with Crippen LogP contribution in [0, 0.1) is 5.82 Å². The van der Waals surface area contributed by atoms with Crippen molar-refractivity contribution in [2.45, 2.75) is 19.0 Å². The molecule has 31 heavy (non-hydrogen) atoms. The number of rotatable bonds is 6. The number of aryl methyl sites for hydroxylation is 1. The molecule has 1 aliphatic rings. The Bertz CT molecular complexity index is 1140. The highest BCUT2D eigenvalue weighted by molar-refractivity contribution is 9.10. The van der Waals surface area contributed by atoms with E-state index in [4.69, 9.17) is 0 Å². The van der Waals surface area contributed by atoms with Gasteiger partial charge in [-0.2, -0.15) is 0 Å². The molecule has 0 radical (unpaired) electrons. The topological polar surface area (TPSA) is 75.4 Å².